The van der Waals surface area contributed by atoms with Crippen molar-refractivity contribution >= 4 is 22.8 Å². The zero-order valence-electron chi connectivity index (χ0n) is 16.2. The van der Waals surface area contributed by atoms with Gasteiger partial charge in [0, 0.05) is 17.0 Å². The van der Waals surface area contributed by atoms with Gasteiger partial charge in [0.2, 0.25) is 0 Å². The maximum Gasteiger partial charge on any atom is 0.339 e. The number of nitrogens with one attached hydrogen (secondary N) is 1. The van der Waals surface area contributed by atoms with E-state index in [4.69, 9.17) is 9.15 Å². The van der Waals surface area contributed by atoms with Gasteiger partial charge in [-0.15, -0.1) is 0 Å². The Bertz CT molecular complexity index is 917. The highest BCUT2D eigenvalue weighted by molar-refractivity contribution is 5.87. The van der Waals surface area contributed by atoms with E-state index < -0.39 is 29.6 Å². The summed E-state index contributed by atoms with van der Waals surface area (Å²) in [5.74, 6) is -1.46. The Labute approximate surface area is 157 Å². The first-order valence-electron chi connectivity index (χ1n) is 8.89. The van der Waals surface area contributed by atoms with Crippen LogP contribution < -0.4 is 15.7 Å². The zero-order chi connectivity index (χ0) is 20.3. The number of carbonyl (C=O) groups is 2. The lowest BCUT2D eigenvalue weighted by Crippen LogP contribution is -2.49. The Balaban J connectivity index is 2.18. The quantitative estimate of drug-likeness (QED) is 0.721. The van der Waals surface area contributed by atoms with E-state index in [1.807, 2.05) is 13.8 Å². The van der Waals surface area contributed by atoms with E-state index in [-0.39, 0.29) is 5.92 Å². The largest absolute Gasteiger partial charge is 0.481 e. The van der Waals surface area contributed by atoms with E-state index >= 15 is 0 Å². The number of fused-ring (bicyclic) bond motifs is 1. The average molecular weight is 375 g/mol. The van der Waals surface area contributed by atoms with E-state index in [0.717, 1.165) is 10.9 Å². The highest BCUT2D eigenvalue weighted by atomic mass is 16.5. The fourth-order valence-electron chi connectivity index (χ4n) is 2.71. The molecule has 7 heteroatoms. The van der Waals surface area contributed by atoms with E-state index in [1.54, 1.807) is 32.0 Å². The topological polar surface area (TPSA) is 106 Å². The van der Waals surface area contributed by atoms with Crippen molar-refractivity contribution in [1.29, 1.82) is 0 Å². The van der Waals surface area contributed by atoms with Crippen LogP contribution in [0.4, 0.5) is 0 Å². The van der Waals surface area contributed by atoms with E-state index in [9.17, 15) is 19.5 Å². The summed E-state index contributed by atoms with van der Waals surface area (Å²) < 4.78 is 10.9. The van der Waals surface area contributed by atoms with Crippen molar-refractivity contribution in [1.82, 2.24) is 5.32 Å². The lowest BCUT2D eigenvalue weighted by molar-refractivity contribution is -0.144. The maximum absolute atomic E-state index is 12.3. The van der Waals surface area contributed by atoms with Crippen LogP contribution in [0.3, 0.4) is 0 Å². The number of aliphatic carboxylic acids is 1. The van der Waals surface area contributed by atoms with Crippen LogP contribution in [0.15, 0.2) is 27.4 Å². The van der Waals surface area contributed by atoms with E-state index in [1.165, 1.54) is 6.92 Å². The summed E-state index contributed by atoms with van der Waals surface area (Å²) in [5.41, 5.74) is 1.34. The molecule has 27 heavy (non-hydrogen) atoms. The average Bonchev–Trinajstić information content (AvgIpc) is 2.62. The van der Waals surface area contributed by atoms with Crippen LogP contribution in [0.1, 0.15) is 38.3 Å². The van der Waals surface area contributed by atoms with E-state index in [0.29, 0.717) is 23.3 Å². The molecule has 0 fully saturated rings. The normalized spacial score (nSPS) is 14.4. The second-order valence-corrected chi connectivity index (χ2v) is 6.77. The second-order valence-electron chi connectivity index (χ2n) is 6.77. The van der Waals surface area contributed by atoms with Crippen molar-refractivity contribution in [3.8, 4) is 5.75 Å². The number of rotatable bonds is 7. The van der Waals surface area contributed by atoms with Crippen molar-refractivity contribution < 1.29 is 23.8 Å². The van der Waals surface area contributed by atoms with Gasteiger partial charge in [0.15, 0.2) is 6.10 Å². The highest BCUT2D eigenvalue weighted by Crippen LogP contribution is 2.24. The minimum absolute atomic E-state index is 0.209. The monoisotopic (exact) mass is 375 g/mol. The number of ether oxygens (including phenoxy) is 1. The number of carboxylic acid groups (broad SMARTS) is 1. The van der Waals surface area contributed by atoms with Crippen LogP contribution in [-0.4, -0.2) is 29.1 Å². The summed E-state index contributed by atoms with van der Waals surface area (Å²) in [6.07, 6.45) is -0.291. The maximum atomic E-state index is 12.3. The molecular formula is C20H25NO6. The molecule has 0 unspecified atom stereocenters. The lowest BCUT2D eigenvalue weighted by Gasteiger charge is -2.22. The molecule has 0 saturated carbocycles. The van der Waals surface area contributed by atoms with Gasteiger partial charge < -0.3 is 19.6 Å². The predicted octanol–water partition coefficient (Wildman–Crippen LogP) is 2.79. The van der Waals surface area contributed by atoms with Gasteiger partial charge in [-0.1, -0.05) is 20.3 Å². The summed E-state index contributed by atoms with van der Waals surface area (Å²) >= 11 is 0. The van der Waals surface area contributed by atoms with Crippen molar-refractivity contribution in [3.63, 3.8) is 0 Å². The van der Waals surface area contributed by atoms with Gasteiger partial charge in [0.1, 0.15) is 17.4 Å². The second kappa shape index (κ2) is 8.24. The van der Waals surface area contributed by atoms with E-state index in [2.05, 4.69) is 5.32 Å². The third kappa shape index (κ3) is 4.48. The Hall–Kier alpha value is -2.83. The number of amides is 1. The molecular weight excluding hydrogens is 350 g/mol. The molecule has 0 aliphatic heterocycles. The third-order valence-electron chi connectivity index (χ3n) is 4.89. The predicted molar refractivity (Wildman–Crippen MR) is 101 cm³/mol. The summed E-state index contributed by atoms with van der Waals surface area (Å²) in [6.45, 7) is 8.70. The molecule has 0 aliphatic rings. The number of carbonyl (C=O) groups excluding carboxylic acids is 1. The molecule has 7 nitrogen and oxygen atoms in total. The molecule has 2 aromatic rings. The van der Waals surface area contributed by atoms with Crippen LogP contribution >= 0.6 is 0 Å². The molecule has 1 heterocycles. The molecule has 146 valence electrons. The molecule has 2 rings (SSSR count). The summed E-state index contributed by atoms with van der Waals surface area (Å²) in [4.78, 5) is 35.5. The molecule has 0 spiro atoms. The smallest absolute Gasteiger partial charge is 0.339 e. The van der Waals surface area contributed by atoms with Crippen molar-refractivity contribution in [3.05, 3.63) is 39.7 Å². The van der Waals surface area contributed by atoms with Crippen molar-refractivity contribution in [2.75, 3.05) is 0 Å². The molecule has 0 saturated heterocycles. The Kier molecular flexibility index (Phi) is 6.25. The fourth-order valence-corrected chi connectivity index (χ4v) is 2.71. The minimum Gasteiger partial charge on any atom is -0.481 e. The molecule has 1 aromatic carbocycles. The lowest BCUT2D eigenvalue weighted by atomic mass is 9.99. The van der Waals surface area contributed by atoms with Gasteiger partial charge in [-0.05, 0) is 44.4 Å². The van der Waals surface area contributed by atoms with Crippen LogP contribution in [0.2, 0.25) is 0 Å². The zero-order valence-corrected chi connectivity index (χ0v) is 16.2. The summed E-state index contributed by atoms with van der Waals surface area (Å²) in [7, 11) is 0. The van der Waals surface area contributed by atoms with Crippen LogP contribution in [0, 0.1) is 19.8 Å². The number of aryl methyl sites for hydroxylation is 1. The van der Waals surface area contributed by atoms with Gasteiger partial charge in [0.25, 0.3) is 5.91 Å². The number of carboxylic acids is 1. The molecule has 0 aliphatic carbocycles. The Morgan fingerprint density at radius 2 is 1.89 bits per heavy atom. The molecule has 1 aromatic heterocycles. The van der Waals surface area contributed by atoms with Crippen LogP contribution in [0.5, 0.6) is 5.75 Å². The van der Waals surface area contributed by atoms with Crippen molar-refractivity contribution in [2.24, 2.45) is 5.92 Å². The molecule has 3 atom stereocenters. The standard InChI is InChI=1S/C20H25NO6/c1-6-10(2)17(19(23)24)21-18(22)13(5)26-14-7-8-15-11(3)12(4)20(25)27-16(15)9-14/h7-10,13,17H,6H2,1-5H3,(H,21,22)(H,23,24)/t10-,13-,17+/m0/s1. The first-order chi connectivity index (χ1) is 12.6. The minimum atomic E-state index is -1.08. The van der Waals surface area contributed by atoms with Gasteiger partial charge in [-0.2, -0.15) is 0 Å². The molecule has 0 bridgehead atoms. The summed E-state index contributed by atoms with van der Waals surface area (Å²) in [5, 5.41) is 12.6. The first-order valence-corrected chi connectivity index (χ1v) is 8.89. The van der Waals surface area contributed by atoms with Gasteiger partial charge in [-0.25, -0.2) is 9.59 Å². The molecule has 1 amide bonds. The Morgan fingerprint density at radius 3 is 2.48 bits per heavy atom. The highest BCUT2D eigenvalue weighted by Gasteiger charge is 2.28. The van der Waals surface area contributed by atoms with Gasteiger partial charge in [-0.3, -0.25) is 4.79 Å². The Morgan fingerprint density at radius 1 is 1.22 bits per heavy atom. The fraction of sp³-hybridized carbons (Fsp3) is 0.450. The summed E-state index contributed by atoms with van der Waals surface area (Å²) in [6, 6.07) is 4.02. The number of benzene rings is 1. The van der Waals surface area contributed by atoms with Gasteiger partial charge >= 0.3 is 11.6 Å². The first kappa shape index (κ1) is 20.5. The number of hydrogen-bond acceptors (Lipinski definition) is 5. The molecule has 2 N–H and O–H groups in total. The third-order valence-corrected chi connectivity index (χ3v) is 4.89. The van der Waals surface area contributed by atoms with Crippen LogP contribution in [-0.2, 0) is 9.59 Å². The SMILES string of the molecule is CC[C@H](C)[C@@H](NC(=O)[C@H](C)Oc1ccc2c(C)c(C)c(=O)oc2c1)C(=O)O. The number of hydrogen-bond donors (Lipinski definition) is 2. The van der Waals surface area contributed by atoms with Crippen molar-refractivity contribution in [2.45, 2.75) is 53.2 Å². The molecule has 0 radical (unpaired) electrons. The van der Waals surface area contributed by atoms with Gasteiger partial charge in [0.05, 0.1) is 0 Å². The van der Waals surface area contributed by atoms with Crippen LogP contribution in [0.25, 0.3) is 11.0 Å².